The predicted molar refractivity (Wildman–Crippen MR) is 81.1 cm³/mol. The smallest absolute Gasteiger partial charge is 0.239 e. The highest BCUT2D eigenvalue weighted by atomic mass is 16.3. The van der Waals surface area contributed by atoms with Crippen LogP contribution in [-0.4, -0.2) is 28.6 Å². The van der Waals surface area contributed by atoms with Crippen LogP contribution in [0.15, 0.2) is 48.5 Å². The van der Waals surface area contributed by atoms with Crippen molar-refractivity contribution in [3.8, 4) is 0 Å². The fourth-order valence-electron chi connectivity index (χ4n) is 2.91. The lowest BCUT2D eigenvalue weighted by atomic mass is 9.84. The molecule has 0 aliphatic heterocycles. The quantitative estimate of drug-likeness (QED) is 0.392. The van der Waals surface area contributed by atoms with E-state index in [2.05, 4.69) is 0 Å². The van der Waals surface area contributed by atoms with Crippen LogP contribution < -0.4 is 0 Å². The summed E-state index contributed by atoms with van der Waals surface area (Å²) in [6.07, 6.45) is -1.88. The van der Waals surface area contributed by atoms with Gasteiger partial charge in [-0.15, -0.1) is 0 Å². The molecule has 1 aliphatic rings. The molecule has 0 saturated carbocycles. The van der Waals surface area contributed by atoms with Gasteiger partial charge in [0.1, 0.15) is 0 Å². The van der Waals surface area contributed by atoms with E-state index in [0.29, 0.717) is 0 Å². The van der Waals surface area contributed by atoms with Gasteiger partial charge < -0.3 is 5.11 Å². The summed E-state index contributed by atoms with van der Waals surface area (Å²) in [5.74, 6) is -2.58. The molecule has 0 fully saturated rings. The molecule has 3 aromatic carbocycles. The first kappa shape index (κ1) is 12.9. The van der Waals surface area contributed by atoms with Crippen molar-refractivity contribution in [2.75, 3.05) is 0 Å². The number of ketones is 3. The number of carbonyl (C=O) groups excluding carboxylic acids is 3. The highest BCUT2D eigenvalue weighted by Gasteiger charge is 2.39. The molecule has 0 bridgehead atoms. The van der Waals surface area contributed by atoms with Crippen LogP contribution in [0.25, 0.3) is 21.5 Å². The van der Waals surface area contributed by atoms with E-state index >= 15 is 0 Å². The third-order valence-corrected chi connectivity index (χ3v) is 4.07. The standard InChI is InChI=1S/C18H10O4/c19-15-13-7-11-5-9-3-1-2-4-10(9)6-12(11)8-14(13)16(20)18(22)17(15)21/h1-8,17,21H. The Labute approximate surface area is 125 Å². The molecule has 0 saturated heterocycles. The Hall–Kier alpha value is -2.85. The third kappa shape index (κ3) is 1.64. The van der Waals surface area contributed by atoms with Crippen LogP contribution >= 0.6 is 0 Å². The monoisotopic (exact) mass is 290 g/mol. The Morgan fingerprint density at radius 3 is 1.82 bits per heavy atom. The van der Waals surface area contributed by atoms with Crippen LogP contribution in [0.2, 0.25) is 0 Å². The van der Waals surface area contributed by atoms with Gasteiger partial charge in [-0.2, -0.15) is 0 Å². The average Bonchev–Trinajstić information content (AvgIpc) is 2.55. The largest absolute Gasteiger partial charge is 0.377 e. The lowest BCUT2D eigenvalue weighted by Crippen LogP contribution is -2.41. The summed E-state index contributed by atoms with van der Waals surface area (Å²) >= 11 is 0. The molecular formula is C18H10O4. The minimum Gasteiger partial charge on any atom is -0.377 e. The van der Waals surface area contributed by atoms with Crippen molar-refractivity contribution in [2.24, 2.45) is 0 Å². The minimum atomic E-state index is -1.88. The Morgan fingerprint density at radius 2 is 1.23 bits per heavy atom. The van der Waals surface area contributed by atoms with Gasteiger partial charge in [-0.25, -0.2) is 0 Å². The van der Waals surface area contributed by atoms with Crippen LogP contribution in [0.1, 0.15) is 20.7 Å². The van der Waals surface area contributed by atoms with E-state index in [0.717, 1.165) is 21.5 Å². The normalized spacial score (nSPS) is 18.0. The molecule has 22 heavy (non-hydrogen) atoms. The second kappa shape index (κ2) is 4.32. The molecule has 0 heterocycles. The zero-order valence-electron chi connectivity index (χ0n) is 11.4. The predicted octanol–water partition coefficient (Wildman–Crippen LogP) is 2.30. The lowest BCUT2D eigenvalue weighted by Gasteiger charge is -2.18. The molecule has 4 heteroatoms. The van der Waals surface area contributed by atoms with E-state index in [1.807, 2.05) is 36.4 Å². The molecule has 0 spiro atoms. The van der Waals surface area contributed by atoms with Crippen molar-refractivity contribution in [3.05, 3.63) is 59.7 Å². The maximum Gasteiger partial charge on any atom is 0.239 e. The van der Waals surface area contributed by atoms with E-state index in [-0.39, 0.29) is 11.1 Å². The van der Waals surface area contributed by atoms with Gasteiger partial charge in [-0.3, -0.25) is 14.4 Å². The first-order chi connectivity index (χ1) is 10.6. The Morgan fingerprint density at radius 1 is 0.682 bits per heavy atom. The second-order valence-corrected chi connectivity index (χ2v) is 5.40. The van der Waals surface area contributed by atoms with Crippen molar-refractivity contribution in [1.82, 2.24) is 0 Å². The van der Waals surface area contributed by atoms with Gasteiger partial charge in [0, 0.05) is 11.1 Å². The molecule has 106 valence electrons. The fourth-order valence-corrected chi connectivity index (χ4v) is 2.91. The summed E-state index contributed by atoms with van der Waals surface area (Å²) in [7, 11) is 0. The van der Waals surface area contributed by atoms with Gasteiger partial charge in [-0.1, -0.05) is 24.3 Å². The van der Waals surface area contributed by atoms with Crippen molar-refractivity contribution in [3.63, 3.8) is 0 Å². The molecule has 0 radical (unpaired) electrons. The molecule has 0 amide bonds. The Bertz CT molecular complexity index is 1000. The number of hydrogen-bond donors (Lipinski definition) is 1. The highest BCUT2D eigenvalue weighted by Crippen LogP contribution is 2.29. The molecule has 0 aromatic heterocycles. The summed E-state index contributed by atoms with van der Waals surface area (Å²) in [6.45, 7) is 0. The van der Waals surface area contributed by atoms with Gasteiger partial charge in [0.05, 0.1) is 0 Å². The van der Waals surface area contributed by atoms with Crippen LogP contribution in [0.4, 0.5) is 0 Å². The first-order valence-corrected chi connectivity index (χ1v) is 6.83. The maximum absolute atomic E-state index is 12.1. The molecule has 1 unspecified atom stereocenters. The number of hydrogen-bond acceptors (Lipinski definition) is 4. The minimum absolute atomic E-state index is 0.0723. The van der Waals surface area contributed by atoms with Crippen molar-refractivity contribution in [2.45, 2.75) is 6.10 Å². The topological polar surface area (TPSA) is 71.4 Å². The van der Waals surface area contributed by atoms with Gasteiger partial charge in [0.25, 0.3) is 0 Å². The van der Waals surface area contributed by atoms with Crippen molar-refractivity contribution < 1.29 is 19.5 Å². The molecule has 1 aliphatic carbocycles. The van der Waals surface area contributed by atoms with E-state index in [4.69, 9.17) is 0 Å². The number of benzene rings is 3. The average molecular weight is 290 g/mol. The molecular weight excluding hydrogens is 280 g/mol. The zero-order valence-corrected chi connectivity index (χ0v) is 11.4. The van der Waals surface area contributed by atoms with Gasteiger partial charge in [0.15, 0.2) is 11.9 Å². The Kier molecular flexibility index (Phi) is 2.53. The van der Waals surface area contributed by atoms with Gasteiger partial charge >= 0.3 is 0 Å². The Balaban J connectivity index is 2.08. The van der Waals surface area contributed by atoms with E-state index < -0.39 is 23.5 Å². The zero-order chi connectivity index (χ0) is 15.4. The number of fused-ring (bicyclic) bond motifs is 3. The number of aliphatic hydroxyl groups excluding tert-OH is 1. The summed E-state index contributed by atoms with van der Waals surface area (Å²) in [4.78, 5) is 35.7. The number of Topliss-reactive ketones (excluding diaryl/α,β-unsaturated/α-hetero) is 3. The van der Waals surface area contributed by atoms with Crippen molar-refractivity contribution in [1.29, 1.82) is 0 Å². The number of carbonyl (C=O) groups is 3. The van der Waals surface area contributed by atoms with Gasteiger partial charge in [0.2, 0.25) is 11.6 Å². The molecule has 4 nitrogen and oxygen atoms in total. The molecule has 4 rings (SSSR count). The summed E-state index contributed by atoms with van der Waals surface area (Å²) in [5.41, 5.74) is 0.183. The summed E-state index contributed by atoms with van der Waals surface area (Å²) in [5, 5.41) is 13.2. The van der Waals surface area contributed by atoms with E-state index in [1.165, 1.54) is 0 Å². The molecule has 1 atom stereocenters. The first-order valence-electron chi connectivity index (χ1n) is 6.83. The summed E-state index contributed by atoms with van der Waals surface area (Å²) in [6, 6.07) is 14.7. The van der Waals surface area contributed by atoms with Crippen LogP contribution in [0.5, 0.6) is 0 Å². The second-order valence-electron chi connectivity index (χ2n) is 5.40. The van der Waals surface area contributed by atoms with Crippen LogP contribution in [0.3, 0.4) is 0 Å². The summed E-state index contributed by atoms with van der Waals surface area (Å²) < 4.78 is 0. The third-order valence-electron chi connectivity index (χ3n) is 4.07. The van der Waals surface area contributed by atoms with E-state index in [1.54, 1.807) is 12.1 Å². The lowest BCUT2D eigenvalue weighted by molar-refractivity contribution is -0.120. The molecule has 1 N–H and O–H groups in total. The maximum atomic E-state index is 12.1. The van der Waals surface area contributed by atoms with Crippen molar-refractivity contribution >= 4 is 38.9 Å². The van der Waals surface area contributed by atoms with Gasteiger partial charge in [-0.05, 0) is 45.8 Å². The van der Waals surface area contributed by atoms with E-state index in [9.17, 15) is 19.5 Å². The molecule has 3 aromatic rings. The number of aliphatic hydroxyl groups is 1. The van der Waals surface area contributed by atoms with Crippen LogP contribution in [-0.2, 0) is 4.79 Å². The SMILES string of the molecule is O=C1C(=O)C(O)C(=O)c2cc3cc4ccccc4cc3cc21. The fraction of sp³-hybridized carbons (Fsp3) is 0.0556. The van der Waals surface area contributed by atoms with Crippen LogP contribution in [0, 0.1) is 0 Å². The number of rotatable bonds is 0. The highest BCUT2D eigenvalue weighted by molar-refractivity contribution is 6.53.